The van der Waals surface area contributed by atoms with Crippen molar-refractivity contribution in [1.29, 1.82) is 0 Å². The Bertz CT molecular complexity index is 328. The minimum absolute atomic E-state index is 0.500. The van der Waals surface area contributed by atoms with Crippen LogP contribution in [0.15, 0.2) is 11.6 Å². The maximum Gasteiger partial charge on any atom is 0.0305 e. The molecule has 0 heterocycles. The van der Waals surface area contributed by atoms with Gasteiger partial charge in [-0.05, 0) is 75.7 Å². The first-order chi connectivity index (χ1) is 10.0. The predicted octanol–water partition coefficient (Wildman–Crippen LogP) is 5.71. The Balaban J connectivity index is 1.95. The first kappa shape index (κ1) is 17.1. The standard InChI is InChI=1S/C20H37N/c1-20(2,3)18-14-12-17(13-15-18)19(21-4)16-10-8-6-5-7-9-11-16/h10,17-19,21H,5-9,11-15H2,1-4H3. The molecule has 1 saturated carbocycles. The van der Waals surface area contributed by atoms with Gasteiger partial charge in [0.1, 0.15) is 0 Å². The highest BCUT2D eigenvalue weighted by Crippen LogP contribution is 2.42. The molecular formula is C20H37N. The highest BCUT2D eigenvalue weighted by molar-refractivity contribution is 5.13. The maximum atomic E-state index is 3.67. The molecule has 0 aromatic heterocycles. The molecule has 2 aliphatic carbocycles. The number of hydrogen-bond donors (Lipinski definition) is 1. The fourth-order valence-electron chi connectivity index (χ4n) is 4.54. The third-order valence-electron chi connectivity index (χ3n) is 6.00. The lowest BCUT2D eigenvalue weighted by Crippen LogP contribution is -2.39. The minimum atomic E-state index is 0.500. The normalized spacial score (nSPS) is 30.2. The maximum absolute atomic E-state index is 3.67. The summed E-state index contributed by atoms with van der Waals surface area (Å²) < 4.78 is 0. The fraction of sp³-hybridized carbons (Fsp3) is 0.900. The number of nitrogens with one attached hydrogen (secondary N) is 1. The average molecular weight is 292 g/mol. The lowest BCUT2D eigenvalue weighted by Gasteiger charge is -2.40. The summed E-state index contributed by atoms with van der Waals surface area (Å²) in [5.41, 5.74) is 2.23. The van der Waals surface area contributed by atoms with Gasteiger partial charge in [-0.2, -0.15) is 0 Å². The van der Waals surface area contributed by atoms with E-state index in [1.165, 1.54) is 64.2 Å². The van der Waals surface area contributed by atoms with Crippen molar-refractivity contribution < 1.29 is 0 Å². The van der Waals surface area contributed by atoms with Crippen molar-refractivity contribution in [2.24, 2.45) is 17.3 Å². The monoisotopic (exact) mass is 291 g/mol. The van der Waals surface area contributed by atoms with Crippen LogP contribution in [0, 0.1) is 17.3 Å². The van der Waals surface area contributed by atoms with Crippen molar-refractivity contribution in [3.63, 3.8) is 0 Å². The molecule has 0 aromatic carbocycles. The summed E-state index contributed by atoms with van der Waals surface area (Å²) in [4.78, 5) is 0. The Labute approximate surface area is 133 Å². The summed E-state index contributed by atoms with van der Waals surface area (Å²) in [6, 6.07) is 0.656. The molecule has 122 valence electrons. The van der Waals surface area contributed by atoms with Crippen molar-refractivity contribution in [2.45, 2.75) is 91.0 Å². The zero-order valence-electron chi connectivity index (χ0n) is 14.9. The van der Waals surface area contributed by atoms with Gasteiger partial charge in [0.25, 0.3) is 0 Å². The van der Waals surface area contributed by atoms with E-state index in [4.69, 9.17) is 0 Å². The van der Waals surface area contributed by atoms with Crippen LogP contribution in [0.4, 0.5) is 0 Å². The molecular weight excluding hydrogens is 254 g/mol. The van der Waals surface area contributed by atoms with Gasteiger partial charge >= 0.3 is 0 Å². The number of allylic oxidation sites excluding steroid dienone is 1. The molecule has 1 fully saturated rings. The van der Waals surface area contributed by atoms with Crippen LogP contribution in [0.3, 0.4) is 0 Å². The molecule has 1 heteroatoms. The van der Waals surface area contributed by atoms with Gasteiger partial charge in [0.2, 0.25) is 0 Å². The Kier molecular flexibility index (Phi) is 6.34. The second-order valence-electron chi connectivity index (χ2n) is 8.48. The van der Waals surface area contributed by atoms with Crippen LogP contribution >= 0.6 is 0 Å². The van der Waals surface area contributed by atoms with Crippen LogP contribution in [0.25, 0.3) is 0 Å². The van der Waals surface area contributed by atoms with Crippen LogP contribution in [-0.2, 0) is 0 Å². The van der Waals surface area contributed by atoms with E-state index in [0.717, 1.165) is 11.8 Å². The van der Waals surface area contributed by atoms with E-state index in [1.807, 2.05) is 0 Å². The number of hydrogen-bond acceptors (Lipinski definition) is 1. The SMILES string of the molecule is CNC(C1=CCCCCCC1)C1CCC(C(C)(C)C)CC1. The van der Waals surface area contributed by atoms with Gasteiger partial charge in [-0.1, -0.05) is 45.3 Å². The van der Waals surface area contributed by atoms with Gasteiger partial charge in [-0.3, -0.25) is 0 Å². The largest absolute Gasteiger partial charge is 0.313 e. The van der Waals surface area contributed by atoms with Gasteiger partial charge < -0.3 is 5.32 Å². The first-order valence-electron chi connectivity index (χ1n) is 9.38. The third-order valence-corrected chi connectivity index (χ3v) is 6.00. The first-order valence-corrected chi connectivity index (χ1v) is 9.38. The molecule has 0 saturated heterocycles. The smallest absolute Gasteiger partial charge is 0.0305 e. The second-order valence-corrected chi connectivity index (χ2v) is 8.48. The van der Waals surface area contributed by atoms with Gasteiger partial charge in [0.05, 0.1) is 0 Å². The van der Waals surface area contributed by atoms with Gasteiger partial charge in [0, 0.05) is 6.04 Å². The molecule has 1 nitrogen and oxygen atoms in total. The third kappa shape index (κ3) is 4.84. The van der Waals surface area contributed by atoms with E-state index in [0.29, 0.717) is 11.5 Å². The van der Waals surface area contributed by atoms with E-state index < -0.39 is 0 Å². The molecule has 0 aliphatic heterocycles. The highest BCUT2D eigenvalue weighted by atomic mass is 14.9. The lowest BCUT2D eigenvalue weighted by molar-refractivity contribution is 0.139. The van der Waals surface area contributed by atoms with Crippen molar-refractivity contribution in [2.75, 3.05) is 7.05 Å². The summed E-state index contributed by atoms with van der Waals surface area (Å²) in [6.45, 7) is 7.26. The summed E-state index contributed by atoms with van der Waals surface area (Å²) in [6.07, 6.45) is 16.6. The van der Waals surface area contributed by atoms with Crippen molar-refractivity contribution in [3.05, 3.63) is 11.6 Å². The molecule has 2 rings (SSSR count). The average Bonchev–Trinajstić information content (AvgIpc) is 2.41. The fourth-order valence-corrected chi connectivity index (χ4v) is 4.54. The lowest BCUT2D eigenvalue weighted by atomic mass is 9.67. The molecule has 0 spiro atoms. The van der Waals surface area contributed by atoms with E-state index in [9.17, 15) is 0 Å². The van der Waals surface area contributed by atoms with E-state index in [-0.39, 0.29) is 0 Å². The van der Waals surface area contributed by atoms with Crippen LogP contribution in [0.2, 0.25) is 0 Å². The minimum Gasteiger partial charge on any atom is -0.313 e. The molecule has 0 bridgehead atoms. The van der Waals surface area contributed by atoms with Crippen LogP contribution in [0.5, 0.6) is 0 Å². The van der Waals surface area contributed by atoms with E-state index in [2.05, 4.69) is 39.2 Å². The topological polar surface area (TPSA) is 12.0 Å². The Morgan fingerprint density at radius 1 is 1.00 bits per heavy atom. The van der Waals surface area contributed by atoms with Crippen molar-refractivity contribution >= 4 is 0 Å². The molecule has 21 heavy (non-hydrogen) atoms. The number of likely N-dealkylation sites (N-methyl/N-ethyl adjacent to an activating group) is 1. The Morgan fingerprint density at radius 3 is 2.29 bits per heavy atom. The van der Waals surface area contributed by atoms with Gasteiger partial charge in [0.15, 0.2) is 0 Å². The van der Waals surface area contributed by atoms with Crippen LogP contribution in [-0.4, -0.2) is 13.1 Å². The second kappa shape index (κ2) is 7.81. The molecule has 1 unspecified atom stereocenters. The quantitative estimate of drug-likeness (QED) is 0.657. The van der Waals surface area contributed by atoms with Gasteiger partial charge in [-0.15, -0.1) is 0 Å². The molecule has 0 amide bonds. The van der Waals surface area contributed by atoms with Crippen LogP contribution < -0.4 is 5.32 Å². The van der Waals surface area contributed by atoms with E-state index in [1.54, 1.807) is 5.57 Å². The Morgan fingerprint density at radius 2 is 1.67 bits per heavy atom. The zero-order valence-corrected chi connectivity index (χ0v) is 14.9. The summed E-state index contributed by atoms with van der Waals surface area (Å²) in [5, 5.41) is 3.67. The van der Waals surface area contributed by atoms with E-state index >= 15 is 0 Å². The molecule has 0 aromatic rings. The molecule has 1 atom stereocenters. The summed E-state index contributed by atoms with van der Waals surface area (Å²) in [7, 11) is 2.18. The summed E-state index contributed by atoms with van der Waals surface area (Å²) >= 11 is 0. The molecule has 0 radical (unpaired) electrons. The zero-order chi connectivity index (χ0) is 15.3. The van der Waals surface area contributed by atoms with Gasteiger partial charge in [-0.25, -0.2) is 0 Å². The molecule has 1 N–H and O–H groups in total. The molecule has 2 aliphatic rings. The number of rotatable bonds is 3. The highest BCUT2D eigenvalue weighted by Gasteiger charge is 2.33. The predicted molar refractivity (Wildman–Crippen MR) is 93.5 cm³/mol. The van der Waals surface area contributed by atoms with Crippen molar-refractivity contribution in [1.82, 2.24) is 5.32 Å². The Hall–Kier alpha value is -0.300. The summed E-state index contributed by atoms with van der Waals surface area (Å²) in [5.74, 6) is 1.80. The van der Waals surface area contributed by atoms with Crippen molar-refractivity contribution in [3.8, 4) is 0 Å². The van der Waals surface area contributed by atoms with Crippen LogP contribution in [0.1, 0.15) is 85.0 Å².